The zero-order valence-electron chi connectivity index (χ0n) is 17.6. The Morgan fingerprint density at radius 3 is 2.66 bits per heavy atom. The van der Waals surface area contributed by atoms with Crippen LogP contribution in [0.15, 0.2) is 36.5 Å². The number of aliphatic carboxylic acids is 1. The van der Waals surface area contributed by atoms with Gasteiger partial charge in [-0.25, -0.2) is 9.97 Å². The van der Waals surface area contributed by atoms with E-state index in [4.69, 9.17) is 4.74 Å². The third-order valence-electron chi connectivity index (χ3n) is 4.84. The Bertz CT molecular complexity index is 734. The van der Waals surface area contributed by atoms with E-state index in [0.717, 1.165) is 62.1 Å². The number of carbonyl (C=O) groups is 1. The second-order valence-electron chi connectivity index (χ2n) is 7.15. The van der Waals surface area contributed by atoms with Crippen LogP contribution in [-0.2, 0) is 11.2 Å². The van der Waals surface area contributed by atoms with Gasteiger partial charge in [-0.1, -0.05) is 31.4 Å². The monoisotopic (exact) mass is 399 g/mol. The van der Waals surface area contributed by atoms with Crippen LogP contribution in [0.4, 0.5) is 5.82 Å². The number of pyridine rings is 2. The van der Waals surface area contributed by atoms with Crippen molar-refractivity contribution >= 4 is 11.8 Å². The molecule has 0 saturated heterocycles. The van der Waals surface area contributed by atoms with Gasteiger partial charge < -0.3 is 15.2 Å². The second-order valence-corrected chi connectivity index (χ2v) is 7.15. The van der Waals surface area contributed by atoms with Gasteiger partial charge in [-0.15, -0.1) is 0 Å². The molecule has 1 atom stereocenters. The highest BCUT2D eigenvalue weighted by Gasteiger charge is 2.16. The van der Waals surface area contributed by atoms with Gasteiger partial charge in [0.2, 0.25) is 5.88 Å². The van der Waals surface area contributed by atoms with Gasteiger partial charge in [0, 0.05) is 24.5 Å². The van der Waals surface area contributed by atoms with Gasteiger partial charge in [0.25, 0.3) is 0 Å². The van der Waals surface area contributed by atoms with Crippen molar-refractivity contribution in [2.75, 3.05) is 18.5 Å². The van der Waals surface area contributed by atoms with Crippen LogP contribution in [0.5, 0.6) is 5.88 Å². The first kappa shape index (κ1) is 22.7. The molecule has 2 aromatic heterocycles. The minimum atomic E-state index is -0.768. The quantitative estimate of drug-likeness (QED) is 0.432. The number of nitrogens with one attached hydrogen (secondary N) is 1. The molecule has 6 nitrogen and oxygen atoms in total. The van der Waals surface area contributed by atoms with Crippen molar-refractivity contribution in [1.82, 2.24) is 9.97 Å². The van der Waals surface area contributed by atoms with Crippen molar-refractivity contribution in [3.05, 3.63) is 47.8 Å². The van der Waals surface area contributed by atoms with Crippen LogP contribution < -0.4 is 10.1 Å². The topological polar surface area (TPSA) is 84.3 Å². The molecular weight excluding hydrogens is 366 g/mol. The SMILES string of the molecule is CCNc1cccc(CCCCCCC(CC(=O)O)c2ccc(OCC)nc2)n1. The fourth-order valence-electron chi connectivity index (χ4n) is 3.41. The zero-order chi connectivity index (χ0) is 20.9. The molecule has 0 aliphatic carbocycles. The van der Waals surface area contributed by atoms with Crippen LogP contribution in [0.1, 0.15) is 69.5 Å². The van der Waals surface area contributed by atoms with Crippen molar-refractivity contribution in [3.63, 3.8) is 0 Å². The highest BCUT2D eigenvalue weighted by molar-refractivity contribution is 5.68. The van der Waals surface area contributed by atoms with Crippen molar-refractivity contribution in [3.8, 4) is 5.88 Å². The molecule has 0 aliphatic rings. The summed E-state index contributed by atoms with van der Waals surface area (Å²) in [6.07, 6.45) is 8.03. The van der Waals surface area contributed by atoms with Crippen LogP contribution >= 0.6 is 0 Å². The molecule has 2 rings (SSSR count). The van der Waals surface area contributed by atoms with E-state index in [0.29, 0.717) is 12.5 Å². The third kappa shape index (κ3) is 8.50. The number of nitrogens with zero attached hydrogens (tertiary/aromatic N) is 2. The molecule has 158 valence electrons. The summed E-state index contributed by atoms with van der Waals surface area (Å²) in [5.41, 5.74) is 2.09. The fourth-order valence-corrected chi connectivity index (χ4v) is 3.41. The summed E-state index contributed by atoms with van der Waals surface area (Å²) < 4.78 is 5.37. The first-order valence-corrected chi connectivity index (χ1v) is 10.6. The molecule has 0 aliphatic heterocycles. The number of ether oxygens (including phenoxy) is 1. The Hall–Kier alpha value is -2.63. The van der Waals surface area contributed by atoms with Crippen molar-refractivity contribution in [1.29, 1.82) is 0 Å². The van der Waals surface area contributed by atoms with Gasteiger partial charge in [0.15, 0.2) is 0 Å². The fraction of sp³-hybridized carbons (Fsp3) is 0.522. The first-order chi connectivity index (χ1) is 14.1. The summed E-state index contributed by atoms with van der Waals surface area (Å²) in [7, 11) is 0. The van der Waals surface area contributed by atoms with Crippen LogP contribution in [-0.4, -0.2) is 34.2 Å². The molecule has 6 heteroatoms. The highest BCUT2D eigenvalue weighted by atomic mass is 16.5. The second kappa shape index (κ2) is 12.8. The summed E-state index contributed by atoms with van der Waals surface area (Å²) in [4.78, 5) is 20.1. The molecule has 0 fully saturated rings. The molecule has 0 amide bonds. The average molecular weight is 400 g/mol. The van der Waals surface area contributed by atoms with Crippen LogP contribution in [0.2, 0.25) is 0 Å². The minimum absolute atomic E-state index is 0.00542. The lowest BCUT2D eigenvalue weighted by molar-refractivity contribution is -0.137. The molecule has 0 saturated carbocycles. The smallest absolute Gasteiger partial charge is 0.303 e. The maximum Gasteiger partial charge on any atom is 0.303 e. The van der Waals surface area contributed by atoms with E-state index in [1.54, 1.807) is 6.20 Å². The Balaban J connectivity index is 1.75. The number of aromatic nitrogens is 2. The molecule has 0 spiro atoms. The molecule has 0 radical (unpaired) electrons. The normalized spacial score (nSPS) is 11.8. The van der Waals surface area contributed by atoms with E-state index >= 15 is 0 Å². The Labute approximate surface area is 173 Å². The maximum atomic E-state index is 11.3. The summed E-state index contributed by atoms with van der Waals surface area (Å²) in [5.74, 6) is 0.743. The minimum Gasteiger partial charge on any atom is -0.481 e. The van der Waals surface area contributed by atoms with Crippen molar-refractivity contribution < 1.29 is 14.6 Å². The Morgan fingerprint density at radius 2 is 1.97 bits per heavy atom. The van der Waals surface area contributed by atoms with E-state index in [2.05, 4.69) is 28.3 Å². The summed E-state index contributed by atoms with van der Waals surface area (Å²) in [6.45, 7) is 5.42. The maximum absolute atomic E-state index is 11.3. The van der Waals surface area contributed by atoms with Gasteiger partial charge >= 0.3 is 5.97 Å². The molecule has 1 unspecified atom stereocenters. The van der Waals surface area contributed by atoms with E-state index in [1.807, 2.05) is 31.2 Å². The van der Waals surface area contributed by atoms with Crippen LogP contribution in [0.3, 0.4) is 0 Å². The molecule has 0 bridgehead atoms. The molecule has 2 N–H and O–H groups in total. The van der Waals surface area contributed by atoms with E-state index < -0.39 is 5.97 Å². The predicted octanol–water partition coefficient (Wildman–Crippen LogP) is 5.06. The number of rotatable bonds is 14. The Kier molecular flexibility index (Phi) is 9.96. The predicted molar refractivity (Wildman–Crippen MR) is 116 cm³/mol. The van der Waals surface area contributed by atoms with E-state index in [1.165, 1.54) is 0 Å². The zero-order valence-corrected chi connectivity index (χ0v) is 17.6. The summed E-state index contributed by atoms with van der Waals surface area (Å²) in [5, 5.41) is 12.5. The molecule has 0 aromatic carbocycles. The summed E-state index contributed by atoms with van der Waals surface area (Å²) >= 11 is 0. The van der Waals surface area contributed by atoms with Crippen molar-refractivity contribution in [2.24, 2.45) is 0 Å². The largest absolute Gasteiger partial charge is 0.481 e. The molecule has 29 heavy (non-hydrogen) atoms. The van der Waals surface area contributed by atoms with Gasteiger partial charge in [0.05, 0.1) is 13.0 Å². The van der Waals surface area contributed by atoms with Gasteiger partial charge in [0.1, 0.15) is 5.82 Å². The van der Waals surface area contributed by atoms with E-state index in [-0.39, 0.29) is 12.3 Å². The van der Waals surface area contributed by atoms with E-state index in [9.17, 15) is 9.90 Å². The third-order valence-corrected chi connectivity index (χ3v) is 4.84. The van der Waals surface area contributed by atoms with Crippen molar-refractivity contribution in [2.45, 2.75) is 64.7 Å². The Morgan fingerprint density at radius 1 is 1.14 bits per heavy atom. The number of carboxylic acid groups (broad SMARTS) is 1. The highest BCUT2D eigenvalue weighted by Crippen LogP contribution is 2.27. The first-order valence-electron chi connectivity index (χ1n) is 10.6. The standard InChI is InChI=1S/C23H33N3O3/c1-3-24-21-13-9-12-20(26-21)11-8-6-5-7-10-18(16-23(27)28)19-14-15-22(25-17-19)29-4-2/h9,12-15,17-18H,3-8,10-11,16H2,1-2H3,(H,24,26)(H,27,28). The van der Waals surface area contributed by atoms with Gasteiger partial charge in [-0.2, -0.15) is 0 Å². The lowest BCUT2D eigenvalue weighted by Crippen LogP contribution is -2.07. The van der Waals surface area contributed by atoms with Gasteiger partial charge in [-0.3, -0.25) is 4.79 Å². The molecular formula is C23H33N3O3. The number of unbranched alkanes of at least 4 members (excludes halogenated alkanes) is 3. The van der Waals surface area contributed by atoms with Gasteiger partial charge in [-0.05, 0) is 56.7 Å². The number of hydrogen-bond donors (Lipinski definition) is 2. The number of anilines is 1. The lowest BCUT2D eigenvalue weighted by Gasteiger charge is -2.15. The van der Waals surface area contributed by atoms with Crippen LogP contribution in [0.25, 0.3) is 0 Å². The van der Waals surface area contributed by atoms with Crippen LogP contribution in [0, 0.1) is 0 Å². The number of hydrogen-bond acceptors (Lipinski definition) is 5. The average Bonchev–Trinajstić information content (AvgIpc) is 2.71. The molecule has 2 aromatic rings. The lowest BCUT2D eigenvalue weighted by atomic mass is 9.91. The molecule has 2 heterocycles. The number of carboxylic acids is 1. The summed E-state index contributed by atoms with van der Waals surface area (Å²) in [6, 6.07) is 9.87. The number of aryl methyl sites for hydroxylation is 1.